The maximum Gasteiger partial charge on any atom is 0.258 e. The van der Waals surface area contributed by atoms with Crippen LogP contribution in [-0.4, -0.2) is 40.5 Å². The lowest BCUT2D eigenvalue weighted by Gasteiger charge is -2.26. The van der Waals surface area contributed by atoms with E-state index in [9.17, 15) is 4.79 Å². The fourth-order valence-corrected chi connectivity index (χ4v) is 3.01. The minimum Gasteiger partial charge on any atom is -0.317 e. The van der Waals surface area contributed by atoms with Crippen LogP contribution in [-0.2, 0) is 6.54 Å². The first kappa shape index (κ1) is 16.9. The van der Waals surface area contributed by atoms with Crippen LogP contribution in [0.25, 0.3) is 5.65 Å². The predicted molar refractivity (Wildman–Crippen MR) is 90.7 cm³/mol. The number of rotatable bonds is 3. The summed E-state index contributed by atoms with van der Waals surface area (Å²) in [6.45, 7) is 2.91. The second-order valence-electron chi connectivity index (χ2n) is 5.76. The summed E-state index contributed by atoms with van der Waals surface area (Å²) in [5.74, 6) is 0. The highest BCUT2D eigenvalue weighted by Crippen LogP contribution is 2.14. The van der Waals surface area contributed by atoms with Gasteiger partial charge in [-0.15, -0.1) is 12.4 Å². The average Bonchev–Trinajstić information content (AvgIpc) is 2.76. The molecule has 0 saturated carbocycles. The highest BCUT2D eigenvalue weighted by atomic mass is 35.5. The molecule has 22 heavy (non-hydrogen) atoms. The largest absolute Gasteiger partial charge is 0.317 e. The molecule has 0 aliphatic carbocycles. The molecule has 2 aromatic heterocycles. The Morgan fingerprint density at radius 3 is 3.09 bits per heavy atom. The van der Waals surface area contributed by atoms with Gasteiger partial charge in [0.05, 0.1) is 5.69 Å². The third-order valence-electron chi connectivity index (χ3n) is 4.20. The second kappa shape index (κ2) is 7.72. The van der Waals surface area contributed by atoms with Gasteiger partial charge in [0.15, 0.2) is 0 Å². The Morgan fingerprint density at radius 2 is 2.23 bits per heavy atom. The van der Waals surface area contributed by atoms with Crippen LogP contribution in [0.5, 0.6) is 0 Å². The quantitative estimate of drug-likeness (QED) is 0.934. The normalized spacial score (nSPS) is 18.9. The van der Waals surface area contributed by atoms with E-state index in [2.05, 4.69) is 22.2 Å². The molecule has 1 fully saturated rings. The van der Waals surface area contributed by atoms with E-state index in [0.29, 0.717) is 6.04 Å². The topological polar surface area (TPSA) is 49.6 Å². The number of fused-ring (bicyclic) bond motifs is 1. The van der Waals surface area contributed by atoms with Gasteiger partial charge in [-0.3, -0.25) is 14.1 Å². The SMILES string of the molecule is CN(Cc1cc(=O)n2ccccc2n1)C1CCCNCC1.Cl. The lowest BCUT2D eigenvalue weighted by atomic mass is 10.1. The molecule has 120 valence electrons. The lowest BCUT2D eigenvalue weighted by molar-refractivity contribution is 0.214. The molecule has 1 unspecified atom stereocenters. The highest BCUT2D eigenvalue weighted by molar-refractivity contribution is 5.85. The van der Waals surface area contributed by atoms with Gasteiger partial charge in [0.25, 0.3) is 5.56 Å². The van der Waals surface area contributed by atoms with Crippen molar-refractivity contribution in [1.82, 2.24) is 19.6 Å². The summed E-state index contributed by atoms with van der Waals surface area (Å²) in [5, 5.41) is 3.43. The van der Waals surface area contributed by atoms with Gasteiger partial charge in [-0.2, -0.15) is 0 Å². The molecule has 3 heterocycles. The van der Waals surface area contributed by atoms with E-state index in [-0.39, 0.29) is 18.0 Å². The molecular weight excluding hydrogens is 300 g/mol. The predicted octanol–water partition coefficient (Wildman–Crippen LogP) is 1.69. The Kier molecular flexibility index (Phi) is 5.94. The van der Waals surface area contributed by atoms with Gasteiger partial charge in [0, 0.05) is 24.8 Å². The van der Waals surface area contributed by atoms with Crippen molar-refractivity contribution in [2.24, 2.45) is 0 Å². The van der Waals surface area contributed by atoms with Gasteiger partial charge >= 0.3 is 0 Å². The zero-order valence-electron chi connectivity index (χ0n) is 12.9. The number of aromatic nitrogens is 2. The first-order valence-corrected chi connectivity index (χ1v) is 7.62. The number of hydrogen-bond donors (Lipinski definition) is 1. The molecule has 1 aliphatic rings. The first-order chi connectivity index (χ1) is 10.2. The third kappa shape index (κ3) is 3.85. The van der Waals surface area contributed by atoms with Gasteiger partial charge in [0.1, 0.15) is 5.65 Å². The van der Waals surface area contributed by atoms with Crippen molar-refractivity contribution in [3.05, 3.63) is 46.5 Å². The number of nitrogens with one attached hydrogen (secondary N) is 1. The van der Waals surface area contributed by atoms with Crippen LogP contribution in [0.4, 0.5) is 0 Å². The summed E-state index contributed by atoms with van der Waals surface area (Å²) in [7, 11) is 2.13. The molecule has 1 aliphatic heterocycles. The van der Waals surface area contributed by atoms with Crippen LogP contribution >= 0.6 is 12.4 Å². The summed E-state index contributed by atoms with van der Waals surface area (Å²) in [6, 6.07) is 7.85. The standard InChI is InChI=1S/C16H22N4O.ClH/c1-19(14-5-4-8-17-9-7-14)12-13-11-16(21)20-10-3-2-6-15(20)18-13;/h2-3,6,10-11,14,17H,4-5,7-9,12H2,1H3;1H. The molecule has 1 N–H and O–H groups in total. The molecule has 3 rings (SSSR count). The summed E-state index contributed by atoms with van der Waals surface area (Å²) in [5.41, 5.74) is 1.56. The van der Waals surface area contributed by atoms with Gasteiger partial charge in [-0.05, 0) is 51.5 Å². The van der Waals surface area contributed by atoms with Crippen molar-refractivity contribution >= 4 is 18.1 Å². The van der Waals surface area contributed by atoms with Crippen molar-refractivity contribution in [3.63, 3.8) is 0 Å². The van der Waals surface area contributed by atoms with Crippen molar-refractivity contribution in [2.75, 3.05) is 20.1 Å². The van der Waals surface area contributed by atoms with Gasteiger partial charge < -0.3 is 5.32 Å². The third-order valence-corrected chi connectivity index (χ3v) is 4.20. The molecule has 0 spiro atoms. The van der Waals surface area contributed by atoms with Gasteiger partial charge in [0.2, 0.25) is 0 Å². The van der Waals surface area contributed by atoms with E-state index in [1.807, 2.05) is 18.2 Å². The Labute approximate surface area is 136 Å². The van der Waals surface area contributed by atoms with Crippen LogP contribution in [0.15, 0.2) is 35.3 Å². The van der Waals surface area contributed by atoms with E-state index in [1.165, 1.54) is 12.8 Å². The van der Waals surface area contributed by atoms with Crippen molar-refractivity contribution in [1.29, 1.82) is 0 Å². The van der Waals surface area contributed by atoms with Crippen LogP contribution in [0, 0.1) is 0 Å². The second-order valence-corrected chi connectivity index (χ2v) is 5.76. The highest BCUT2D eigenvalue weighted by Gasteiger charge is 2.17. The summed E-state index contributed by atoms with van der Waals surface area (Å²) in [4.78, 5) is 19.0. The molecule has 0 radical (unpaired) electrons. The van der Waals surface area contributed by atoms with Crippen molar-refractivity contribution < 1.29 is 0 Å². The molecule has 0 aromatic carbocycles. The molecule has 2 aromatic rings. The van der Waals surface area contributed by atoms with Crippen molar-refractivity contribution in [3.8, 4) is 0 Å². The fourth-order valence-electron chi connectivity index (χ4n) is 3.01. The minimum absolute atomic E-state index is 0. The van der Waals surface area contributed by atoms with Crippen molar-refractivity contribution in [2.45, 2.75) is 31.8 Å². The van der Waals surface area contributed by atoms with E-state index in [4.69, 9.17) is 0 Å². The molecular formula is C16H23ClN4O. The summed E-state index contributed by atoms with van der Waals surface area (Å²) in [6.07, 6.45) is 5.33. The molecule has 5 nitrogen and oxygen atoms in total. The number of nitrogens with zero attached hydrogens (tertiary/aromatic N) is 3. The van der Waals surface area contributed by atoms with Gasteiger partial charge in [-0.1, -0.05) is 6.07 Å². The monoisotopic (exact) mass is 322 g/mol. The molecule has 1 atom stereocenters. The number of pyridine rings is 1. The van der Waals surface area contributed by atoms with E-state index in [1.54, 1.807) is 16.7 Å². The molecule has 6 heteroatoms. The fraction of sp³-hybridized carbons (Fsp3) is 0.500. The zero-order valence-corrected chi connectivity index (χ0v) is 13.7. The Balaban J connectivity index is 0.00000176. The average molecular weight is 323 g/mol. The molecule has 1 saturated heterocycles. The van der Waals surface area contributed by atoms with Crippen LogP contribution in [0.3, 0.4) is 0 Å². The smallest absolute Gasteiger partial charge is 0.258 e. The maximum atomic E-state index is 12.1. The van der Waals surface area contributed by atoms with E-state index < -0.39 is 0 Å². The van der Waals surface area contributed by atoms with Gasteiger partial charge in [-0.25, -0.2) is 4.98 Å². The maximum absolute atomic E-state index is 12.1. The molecule has 0 bridgehead atoms. The Morgan fingerprint density at radius 1 is 1.36 bits per heavy atom. The Hall–Kier alpha value is -1.43. The van der Waals surface area contributed by atoms with Crippen LogP contribution in [0.2, 0.25) is 0 Å². The van der Waals surface area contributed by atoms with Crippen LogP contribution < -0.4 is 10.9 Å². The summed E-state index contributed by atoms with van der Waals surface area (Å²) < 4.78 is 1.58. The number of hydrogen-bond acceptors (Lipinski definition) is 4. The summed E-state index contributed by atoms with van der Waals surface area (Å²) >= 11 is 0. The Bertz CT molecular complexity index is 664. The van der Waals surface area contributed by atoms with Crippen LogP contribution in [0.1, 0.15) is 25.0 Å². The lowest BCUT2D eigenvalue weighted by Crippen LogP contribution is -2.32. The number of halogens is 1. The minimum atomic E-state index is -0.00784. The zero-order chi connectivity index (χ0) is 14.7. The first-order valence-electron chi connectivity index (χ1n) is 7.62. The van der Waals surface area contributed by atoms with E-state index >= 15 is 0 Å². The van der Waals surface area contributed by atoms with E-state index in [0.717, 1.165) is 37.4 Å². The molecule has 0 amide bonds.